The molecule has 1 heterocycles. The molecule has 34 heavy (non-hydrogen) atoms. The van der Waals surface area contributed by atoms with Gasteiger partial charge >= 0.3 is 5.97 Å². The first kappa shape index (κ1) is 23.3. The number of ether oxygens (including phenoxy) is 6. The maximum Gasteiger partial charge on any atom is 0.344 e. The van der Waals surface area contributed by atoms with Gasteiger partial charge in [0.25, 0.3) is 0 Å². The van der Waals surface area contributed by atoms with Crippen LogP contribution in [0.3, 0.4) is 0 Å². The van der Waals surface area contributed by atoms with Gasteiger partial charge in [0.05, 0.1) is 13.7 Å². The minimum absolute atomic E-state index is 0.0937. The Balaban J connectivity index is 1.57. The van der Waals surface area contributed by atoms with Crippen molar-refractivity contribution in [3.05, 3.63) is 77.4 Å². The Hall–Kier alpha value is -3.87. The molecule has 0 unspecified atom stereocenters. The SMILES string of the molecule is CCOC(=O)COc1cc2c(cc1[C@@H](C)c1ccc(OCc3ccccc3)c(OC)c1)OCO2. The van der Waals surface area contributed by atoms with Crippen molar-refractivity contribution in [2.24, 2.45) is 0 Å². The molecule has 178 valence electrons. The molecule has 3 aromatic rings. The summed E-state index contributed by atoms with van der Waals surface area (Å²) in [6, 6.07) is 19.4. The largest absolute Gasteiger partial charge is 0.493 e. The molecule has 0 N–H and O–H groups in total. The zero-order valence-corrected chi connectivity index (χ0v) is 19.5. The van der Waals surface area contributed by atoms with Gasteiger partial charge in [0.2, 0.25) is 6.79 Å². The summed E-state index contributed by atoms with van der Waals surface area (Å²) in [4.78, 5) is 11.9. The molecule has 7 nitrogen and oxygen atoms in total. The van der Waals surface area contributed by atoms with Gasteiger partial charge in [-0.15, -0.1) is 0 Å². The van der Waals surface area contributed by atoms with E-state index >= 15 is 0 Å². The quantitative estimate of drug-likeness (QED) is 0.387. The van der Waals surface area contributed by atoms with Crippen LogP contribution in [0, 0.1) is 0 Å². The summed E-state index contributed by atoms with van der Waals surface area (Å²) in [5, 5.41) is 0. The van der Waals surface area contributed by atoms with Crippen molar-refractivity contribution in [1.82, 2.24) is 0 Å². The summed E-state index contributed by atoms with van der Waals surface area (Å²) in [5.74, 6) is 2.52. The topological polar surface area (TPSA) is 72.5 Å². The Morgan fingerprint density at radius 2 is 1.71 bits per heavy atom. The molecule has 0 saturated heterocycles. The second-order valence-corrected chi connectivity index (χ2v) is 7.74. The van der Waals surface area contributed by atoms with Crippen LogP contribution in [0.15, 0.2) is 60.7 Å². The summed E-state index contributed by atoms with van der Waals surface area (Å²) in [7, 11) is 1.62. The summed E-state index contributed by atoms with van der Waals surface area (Å²) >= 11 is 0. The molecule has 1 aliphatic heterocycles. The second-order valence-electron chi connectivity index (χ2n) is 7.74. The molecule has 4 rings (SSSR count). The summed E-state index contributed by atoms with van der Waals surface area (Å²) in [6.07, 6.45) is 0. The number of hydrogen-bond acceptors (Lipinski definition) is 7. The Bertz CT molecular complexity index is 1130. The fraction of sp³-hybridized carbons (Fsp3) is 0.296. The van der Waals surface area contributed by atoms with Crippen LogP contribution in [0.1, 0.15) is 36.5 Å². The van der Waals surface area contributed by atoms with Crippen LogP contribution < -0.4 is 23.7 Å². The first-order valence-electron chi connectivity index (χ1n) is 11.2. The smallest absolute Gasteiger partial charge is 0.344 e. The van der Waals surface area contributed by atoms with Gasteiger partial charge in [-0.25, -0.2) is 4.79 Å². The molecule has 0 aromatic heterocycles. The first-order chi connectivity index (χ1) is 16.6. The van der Waals surface area contributed by atoms with E-state index < -0.39 is 5.97 Å². The van der Waals surface area contributed by atoms with Crippen molar-refractivity contribution in [3.8, 4) is 28.7 Å². The molecular formula is C27H28O7. The van der Waals surface area contributed by atoms with Crippen LogP contribution in [0.4, 0.5) is 0 Å². The zero-order chi connectivity index (χ0) is 23.9. The van der Waals surface area contributed by atoms with Crippen molar-refractivity contribution in [3.63, 3.8) is 0 Å². The number of hydrogen-bond donors (Lipinski definition) is 0. The van der Waals surface area contributed by atoms with Crippen molar-refractivity contribution in [2.75, 3.05) is 27.1 Å². The third-order valence-corrected chi connectivity index (χ3v) is 5.55. The van der Waals surface area contributed by atoms with Gasteiger partial charge in [-0.05, 0) is 36.2 Å². The van der Waals surface area contributed by atoms with E-state index in [1.54, 1.807) is 20.1 Å². The number of rotatable bonds is 10. The first-order valence-corrected chi connectivity index (χ1v) is 11.2. The minimum atomic E-state index is -0.430. The Morgan fingerprint density at radius 1 is 0.941 bits per heavy atom. The highest BCUT2D eigenvalue weighted by Crippen LogP contribution is 2.43. The summed E-state index contributed by atoms with van der Waals surface area (Å²) < 4.78 is 33.5. The number of carbonyl (C=O) groups excluding carboxylic acids is 1. The van der Waals surface area contributed by atoms with Gasteiger partial charge in [-0.2, -0.15) is 0 Å². The van der Waals surface area contributed by atoms with E-state index in [1.807, 2.05) is 61.5 Å². The monoisotopic (exact) mass is 464 g/mol. The fourth-order valence-corrected chi connectivity index (χ4v) is 3.73. The number of fused-ring (bicyclic) bond motifs is 1. The lowest BCUT2D eigenvalue weighted by molar-refractivity contribution is -0.145. The average Bonchev–Trinajstić information content (AvgIpc) is 3.33. The molecule has 0 fully saturated rings. The van der Waals surface area contributed by atoms with Crippen molar-refractivity contribution < 1.29 is 33.2 Å². The molecular weight excluding hydrogens is 436 g/mol. The van der Waals surface area contributed by atoms with Crippen LogP contribution in [0.5, 0.6) is 28.7 Å². The van der Waals surface area contributed by atoms with Gasteiger partial charge in [0.15, 0.2) is 29.6 Å². The van der Waals surface area contributed by atoms with Crippen LogP contribution in [0.2, 0.25) is 0 Å². The lowest BCUT2D eigenvalue weighted by atomic mass is 9.91. The summed E-state index contributed by atoms with van der Waals surface area (Å²) in [6.45, 7) is 4.50. The predicted molar refractivity (Wildman–Crippen MR) is 126 cm³/mol. The van der Waals surface area contributed by atoms with Gasteiger partial charge < -0.3 is 28.4 Å². The normalized spacial score (nSPS) is 12.7. The van der Waals surface area contributed by atoms with Gasteiger partial charge in [0, 0.05) is 17.5 Å². The standard InChI is InChI=1S/C27H28O7/c1-4-30-27(28)16-32-23-14-26-25(33-17-34-26)13-21(23)18(2)20-10-11-22(24(12-20)29-3)31-15-19-8-6-5-7-9-19/h5-14,18H,4,15-17H2,1-3H3/t18-/m0/s1. The zero-order valence-electron chi connectivity index (χ0n) is 19.5. The molecule has 0 amide bonds. The van der Waals surface area contributed by atoms with Gasteiger partial charge in [0.1, 0.15) is 12.4 Å². The fourth-order valence-electron chi connectivity index (χ4n) is 3.73. The molecule has 0 aliphatic carbocycles. The van der Waals surface area contributed by atoms with Gasteiger partial charge in [-0.3, -0.25) is 0 Å². The van der Waals surface area contributed by atoms with E-state index in [0.717, 1.165) is 16.7 Å². The molecule has 1 aliphatic rings. The minimum Gasteiger partial charge on any atom is -0.493 e. The Morgan fingerprint density at radius 3 is 2.44 bits per heavy atom. The lowest BCUT2D eigenvalue weighted by Gasteiger charge is -2.19. The third-order valence-electron chi connectivity index (χ3n) is 5.55. The van der Waals surface area contributed by atoms with E-state index in [-0.39, 0.29) is 19.3 Å². The van der Waals surface area contributed by atoms with E-state index in [9.17, 15) is 4.79 Å². The molecule has 0 bridgehead atoms. The number of esters is 1. The molecule has 7 heteroatoms. The molecule has 0 saturated carbocycles. The van der Waals surface area contributed by atoms with Crippen LogP contribution in [0.25, 0.3) is 0 Å². The predicted octanol–water partition coefficient (Wildman–Crippen LogP) is 5.10. The van der Waals surface area contributed by atoms with E-state index in [4.69, 9.17) is 28.4 Å². The number of methoxy groups -OCH3 is 1. The van der Waals surface area contributed by atoms with Gasteiger partial charge in [-0.1, -0.05) is 43.3 Å². The maximum absolute atomic E-state index is 11.9. The van der Waals surface area contributed by atoms with Crippen molar-refractivity contribution in [2.45, 2.75) is 26.4 Å². The molecule has 1 atom stereocenters. The lowest BCUT2D eigenvalue weighted by Crippen LogP contribution is -2.15. The third kappa shape index (κ3) is 5.36. The average molecular weight is 465 g/mol. The van der Waals surface area contributed by atoms with Crippen LogP contribution >= 0.6 is 0 Å². The molecule has 0 radical (unpaired) electrons. The van der Waals surface area contributed by atoms with Crippen molar-refractivity contribution >= 4 is 5.97 Å². The van der Waals surface area contributed by atoms with Crippen LogP contribution in [-0.2, 0) is 16.1 Å². The second kappa shape index (κ2) is 10.8. The highest BCUT2D eigenvalue weighted by atomic mass is 16.7. The molecule has 0 spiro atoms. The van der Waals surface area contributed by atoms with Crippen LogP contribution in [-0.4, -0.2) is 33.1 Å². The molecule has 3 aromatic carbocycles. The number of carbonyl (C=O) groups is 1. The van der Waals surface area contributed by atoms with E-state index in [1.165, 1.54) is 0 Å². The van der Waals surface area contributed by atoms with E-state index in [2.05, 4.69) is 0 Å². The Kier molecular flexibility index (Phi) is 7.42. The highest BCUT2D eigenvalue weighted by Gasteiger charge is 2.23. The van der Waals surface area contributed by atoms with Crippen molar-refractivity contribution in [1.29, 1.82) is 0 Å². The highest BCUT2D eigenvalue weighted by molar-refractivity contribution is 5.71. The number of benzene rings is 3. The summed E-state index contributed by atoms with van der Waals surface area (Å²) in [5.41, 5.74) is 2.92. The Labute approximate surface area is 199 Å². The van der Waals surface area contributed by atoms with E-state index in [0.29, 0.717) is 42.0 Å². The maximum atomic E-state index is 11.9.